The number of halogens is 1. The minimum absolute atomic E-state index is 0.184. The molecule has 0 amide bonds. The molecule has 0 atom stereocenters. The van der Waals surface area contributed by atoms with Gasteiger partial charge in [0.2, 0.25) is 5.28 Å². The van der Waals surface area contributed by atoms with E-state index in [4.69, 9.17) is 17.3 Å². The molecule has 0 bridgehead atoms. The number of rotatable bonds is 1. The molecule has 2 heterocycles. The van der Waals surface area contributed by atoms with Crippen LogP contribution in [0.25, 0.3) is 5.52 Å². The monoisotopic (exact) mass is 221 g/mol. The van der Waals surface area contributed by atoms with Gasteiger partial charge in [0.15, 0.2) is 0 Å². The summed E-state index contributed by atoms with van der Waals surface area (Å²) in [4.78, 5) is 4.26. The number of nitrogens with zero attached hydrogens (tertiary/aromatic N) is 2. The second-order valence-electron chi connectivity index (χ2n) is 4.25. The number of aromatic nitrogens is 2. The van der Waals surface area contributed by atoms with Gasteiger partial charge in [-0.15, -0.1) is 0 Å². The van der Waals surface area contributed by atoms with E-state index >= 15 is 0 Å². The van der Waals surface area contributed by atoms with E-state index in [9.17, 15) is 0 Å². The van der Waals surface area contributed by atoms with Gasteiger partial charge in [0.1, 0.15) is 0 Å². The predicted molar refractivity (Wildman–Crippen MR) is 60.0 cm³/mol. The summed E-state index contributed by atoms with van der Waals surface area (Å²) in [6.07, 6.45) is 2.05. The van der Waals surface area contributed by atoms with Gasteiger partial charge in [0.25, 0.3) is 0 Å². The summed E-state index contributed by atoms with van der Waals surface area (Å²) in [5, 5.41) is 0.509. The van der Waals surface area contributed by atoms with E-state index in [1.807, 2.05) is 29.5 Å². The second-order valence-corrected chi connectivity index (χ2v) is 4.59. The van der Waals surface area contributed by atoms with Gasteiger partial charge >= 0.3 is 0 Å². The number of aryl methyl sites for hydroxylation is 1. The first-order valence-electron chi connectivity index (χ1n) is 5.05. The van der Waals surface area contributed by atoms with Crippen LogP contribution in [0, 0.1) is 6.92 Å². The average molecular weight is 222 g/mol. The van der Waals surface area contributed by atoms with Crippen molar-refractivity contribution in [2.24, 2.45) is 5.73 Å². The Kier molecular flexibility index (Phi) is 1.68. The van der Waals surface area contributed by atoms with Crippen LogP contribution in [-0.2, 0) is 5.54 Å². The Balaban J connectivity index is 2.39. The van der Waals surface area contributed by atoms with Gasteiger partial charge in [-0.05, 0) is 43.5 Å². The minimum atomic E-state index is -0.184. The third-order valence-corrected chi connectivity index (χ3v) is 3.36. The lowest BCUT2D eigenvalue weighted by Gasteiger charge is -2.12. The SMILES string of the molecule is Cc1nc(Cl)n2c(C3(N)CC3)cccc12. The molecule has 0 spiro atoms. The fourth-order valence-corrected chi connectivity index (χ4v) is 2.32. The van der Waals surface area contributed by atoms with Gasteiger partial charge in [-0.1, -0.05) is 6.07 Å². The van der Waals surface area contributed by atoms with Gasteiger partial charge in [0, 0.05) is 5.69 Å². The van der Waals surface area contributed by atoms with Crippen molar-refractivity contribution >= 4 is 17.1 Å². The van der Waals surface area contributed by atoms with Crippen LogP contribution in [0.15, 0.2) is 18.2 Å². The lowest BCUT2D eigenvalue weighted by molar-refractivity contribution is 0.693. The molecule has 1 fully saturated rings. The van der Waals surface area contributed by atoms with Crippen molar-refractivity contribution < 1.29 is 0 Å². The van der Waals surface area contributed by atoms with Crippen molar-refractivity contribution in [1.82, 2.24) is 9.38 Å². The molecular weight excluding hydrogens is 210 g/mol. The molecule has 4 heteroatoms. The maximum absolute atomic E-state index is 6.20. The van der Waals surface area contributed by atoms with Crippen molar-refractivity contribution in [2.75, 3.05) is 0 Å². The van der Waals surface area contributed by atoms with E-state index in [0.717, 1.165) is 29.7 Å². The lowest BCUT2D eigenvalue weighted by atomic mass is 10.1. The van der Waals surface area contributed by atoms with E-state index < -0.39 is 0 Å². The molecule has 0 aliphatic heterocycles. The Morgan fingerprint density at radius 2 is 2.20 bits per heavy atom. The Morgan fingerprint density at radius 1 is 1.47 bits per heavy atom. The van der Waals surface area contributed by atoms with Crippen LogP contribution in [0.2, 0.25) is 5.28 Å². The highest BCUT2D eigenvalue weighted by molar-refractivity contribution is 6.28. The standard InChI is InChI=1S/C11H12ClN3/c1-7-8-3-2-4-9(11(13)5-6-11)15(8)10(12)14-7/h2-4H,5-6,13H2,1H3. The zero-order valence-corrected chi connectivity index (χ0v) is 9.25. The smallest absolute Gasteiger partial charge is 0.207 e. The fraction of sp³-hybridized carbons (Fsp3) is 0.364. The maximum atomic E-state index is 6.20. The van der Waals surface area contributed by atoms with E-state index in [1.165, 1.54) is 0 Å². The first kappa shape index (κ1) is 9.19. The minimum Gasteiger partial charge on any atom is -0.320 e. The summed E-state index contributed by atoms with van der Waals surface area (Å²) in [6.45, 7) is 1.96. The summed E-state index contributed by atoms with van der Waals surface area (Å²) < 4.78 is 1.96. The Hall–Kier alpha value is -1.06. The highest BCUT2D eigenvalue weighted by Gasteiger charge is 2.42. The molecule has 0 unspecified atom stereocenters. The zero-order valence-electron chi connectivity index (χ0n) is 8.50. The van der Waals surface area contributed by atoms with Crippen molar-refractivity contribution in [1.29, 1.82) is 0 Å². The van der Waals surface area contributed by atoms with Crippen LogP contribution >= 0.6 is 11.6 Å². The lowest BCUT2D eigenvalue weighted by Crippen LogP contribution is -2.22. The van der Waals surface area contributed by atoms with Gasteiger partial charge in [-0.25, -0.2) is 4.98 Å². The second kappa shape index (κ2) is 2.74. The molecule has 3 nitrogen and oxygen atoms in total. The molecule has 2 aromatic rings. The third-order valence-electron chi connectivity index (χ3n) is 3.10. The Bertz CT molecular complexity index is 540. The van der Waals surface area contributed by atoms with Crippen LogP contribution in [0.4, 0.5) is 0 Å². The first-order valence-corrected chi connectivity index (χ1v) is 5.42. The molecule has 3 rings (SSSR count). The number of pyridine rings is 1. The Labute approximate surface area is 92.9 Å². The van der Waals surface area contributed by atoms with E-state index in [-0.39, 0.29) is 5.54 Å². The zero-order chi connectivity index (χ0) is 10.6. The largest absolute Gasteiger partial charge is 0.320 e. The third kappa shape index (κ3) is 1.20. The van der Waals surface area contributed by atoms with Crippen LogP contribution < -0.4 is 5.73 Å². The molecule has 0 aromatic carbocycles. The first-order chi connectivity index (χ1) is 7.12. The topological polar surface area (TPSA) is 43.3 Å². The summed E-state index contributed by atoms with van der Waals surface area (Å²) in [5.41, 5.74) is 9.10. The molecule has 1 aliphatic carbocycles. The molecule has 2 N–H and O–H groups in total. The van der Waals surface area contributed by atoms with Crippen LogP contribution in [0.1, 0.15) is 24.2 Å². The normalized spacial score (nSPS) is 18.3. The number of nitrogens with two attached hydrogens (primary N) is 1. The molecule has 0 radical (unpaired) electrons. The summed E-state index contributed by atoms with van der Waals surface area (Å²) in [7, 11) is 0. The van der Waals surface area contributed by atoms with Gasteiger partial charge < -0.3 is 5.73 Å². The molecule has 1 saturated carbocycles. The average Bonchev–Trinajstić information content (AvgIpc) is 2.89. The van der Waals surface area contributed by atoms with E-state index in [2.05, 4.69) is 4.98 Å². The Morgan fingerprint density at radius 3 is 2.87 bits per heavy atom. The number of imidazole rings is 1. The summed E-state index contributed by atoms with van der Waals surface area (Å²) in [6, 6.07) is 6.07. The van der Waals surface area contributed by atoms with Gasteiger partial charge in [-0.2, -0.15) is 0 Å². The van der Waals surface area contributed by atoms with Crippen molar-refractivity contribution in [3.8, 4) is 0 Å². The molecule has 78 valence electrons. The van der Waals surface area contributed by atoms with Crippen molar-refractivity contribution in [2.45, 2.75) is 25.3 Å². The van der Waals surface area contributed by atoms with Crippen molar-refractivity contribution in [3.05, 3.63) is 34.9 Å². The summed E-state index contributed by atoms with van der Waals surface area (Å²) >= 11 is 6.11. The highest BCUT2D eigenvalue weighted by Crippen LogP contribution is 2.43. The van der Waals surface area contributed by atoms with Crippen LogP contribution in [-0.4, -0.2) is 9.38 Å². The number of hydrogen-bond donors (Lipinski definition) is 1. The van der Waals surface area contributed by atoms with Crippen LogP contribution in [0.3, 0.4) is 0 Å². The number of fused-ring (bicyclic) bond motifs is 1. The number of hydrogen-bond acceptors (Lipinski definition) is 2. The van der Waals surface area contributed by atoms with Crippen LogP contribution in [0.5, 0.6) is 0 Å². The van der Waals surface area contributed by atoms with Gasteiger partial charge in [0.05, 0.1) is 16.7 Å². The maximum Gasteiger partial charge on any atom is 0.207 e. The summed E-state index contributed by atoms with van der Waals surface area (Å²) in [5.74, 6) is 0. The molecule has 2 aromatic heterocycles. The van der Waals surface area contributed by atoms with Crippen molar-refractivity contribution in [3.63, 3.8) is 0 Å². The van der Waals surface area contributed by atoms with E-state index in [0.29, 0.717) is 5.28 Å². The van der Waals surface area contributed by atoms with Gasteiger partial charge in [-0.3, -0.25) is 4.40 Å². The molecule has 1 aliphatic rings. The molecule has 0 saturated heterocycles. The highest BCUT2D eigenvalue weighted by atomic mass is 35.5. The quantitative estimate of drug-likeness (QED) is 0.803. The molecular formula is C11H12ClN3. The molecule has 15 heavy (non-hydrogen) atoms. The predicted octanol–water partition coefficient (Wildman–Crippen LogP) is 2.24. The fourth-order valence-electron chi connectivity index (χ4n) is 2.02. The van der Waals surface area contributed by atoms with E-state index in [1.54, 1.807) is 0 Å².